The summed E-state index contributed by atoms with van der Waals surface area (Å²) in [5.41, 5.74) is 1.61. The Morgan fingerprint density at radius 3 is 2.42 bits per heavy atom. The van der Waals surface area contributed by atoms with E-state index in [1.54, 1.807) is 24.1 Å². The van der Waals surface area contributed by atoms with E-state index in [2.05, 4.69) is 10.2 Å². The normalized spacial score (nSPS) is 12.0. The van der Waals surface area contributed by atoms with Crippen LogP contribution in [0, 0.1) is 5.82 Å². The van der Waals surface area contributed by atoms with Gasteiger partial charge in [0.15, 0.2) is 11.0 Å². The number of halogens is 1. The number of rotatable bonds is 5. The molecule has 0 radical (unpaired) electrons. The van der Waals surface area contributed by atoms with Crippen molar-refractivity contribution in [1.29, 1.82) is 0 Å². The Hall–Kier alpha value is -2.67. The second kappa shape index (κ2) is 7.70. The molecule has 0 fully saturated rings. The summed E-state index contributed by atoms with van der Waals surface area (Å²) in [6, 6.07) is 15.6. The smallest absolute Gasteiger partial charge is 0.240 e. The Kier molecular flexibility index (Phi) is 5.37. The van der Waals surface area contributed by atoms with Crippen molar-refractivity contribution in [3.05, 3.63) is 60.4 Å². The molecule has 0 aliphatic rings. The van der Waals surface area contributed by atoms with Crippen LogP contribution >= 0.6 is 11.8 Å². The Morgan fingerprint density at radius 1 is 1.12 bits per heavy atom. The number of thioether (sulfide) groups is 1. The van der Waals surface area contributed by atoms with E-state index in [9.17, 15) is 9.18 Å². The van der Waals surface area contributed by atoms with Gasteiger partial charge in [0, 0.05) is 25.3 Å². The van der Waals surface area contributed by atoms with Gasteiger partial charge in [-0.25, -0.2) is 4.39 Å². The summed E-state index contributed by atoms with van der Waals surface area (Å²) in [4.78, 5) is 14.3. The van der Waals surface area contributed by atoms with Crippen LogP contribution in [0.25, 0.3) is 11.4 Å². The molecule has 1 heterocycles. The summed E-state index contributed by atoms with van der Waals surface area (Å²) < 4.78 is 14.9. The summed E-state index contributed by atoms with van der Waals surface area (Å²) in [5, 5.41) is 8.66. The van der Waals surface area contributed by atoms with Crippen molar-refractivity contribution < 1.29 is 9.18 Å². The molecule has 0 N–H and O–H groups in total. The maximum Gasteiger partial charge on any atom is 0.240 e. The highest BCUT2D eigenvalue weighted by Crippen LogP contribution is 2.27. The zero-order valence-electron chi connectivity index (χ0n) is 14.8. The topological polar surface area (TPSA) is 51.0 Å². The molecule has 0 aliphatic heterocycles. The molecule has 0 spiro atoms. The molecule has 26 heavy (non-hydrogen) atoms. The molecule has 0 bridgehead atoms. The van der Waals surface area contributed by atoms with Crippen LogP contribution in [0.2, 0.25) is 0 Å². The standard InChI is InChI=1S/C19H19FN4OS/c1-13(18(25)23(2)16-7-5-4-6-8-16)26-19-22-21-17(24(19)3)14-9-11-15(20)12-10-14/h4-13H,1-3H3. The van der Waals surface area contributed by atoms with E-state index in [-0.39, 0.29) is 17.0 Å². The van der Waals surface area contributed by atoms with Crippen LogP contribution < -0.4 is 4.90 Å². The minimum atomic E-state index is -0.329. The molecular formula is C19H19FN4OS. The summed E-state index contributed by atoms with van der Waals surface area (Å²) in [5.74, 6) is 0.310. The number of benzene rings is 2. The zero-order valence-corrected chi connectivity index (χ0v) is 15.6. The van der Waals surface area contributed by atoms with Gasteiger partial charge in [-0.15, -0.1) is 10.2 Å². The molecule has 1 amide bonds. The first kappa shape index (κ1) is 18.1. The Bertz CT molecular complexity index is 896. The number of carbonyl (C=O) groups excluding carboxylic acids is 1. The fraction of sp³-hybridized carbons (Fsp3) is 0.211. The van der Waals surface area contributed by atoms with Crippen molar-refractivity contribution in [2.45, 2.75) is 17.3 Å². The fourth-order valence-electron chi connectivity index (χ4n) is 2.53. The molecule has 1 atom stereocenters. The molecule has 0 saturated carbocycles. The highest BCUT2D eigenvalue weighted by atomic mass is 32.2. The maximum absolute atomic E-state index is 13.1. The quantitative estimate of drug-likeness (QED) is 0.642. The molecule has 0 saturated heterocycles. The molecular weight excluding hydrogens is 351 g/mol. The minimum Gasteiger partial charge on any atom is -0.315 e. The zero-order chi connectivity index (χ0) is 18.7. The van der Waals surface area contributed by atoms with E-state index in [4.69, 9.17) is 0 Å². The van der Waals surface area contributed by atoms with Gasteiger partial charge in [-0.1, -0.05) is 30.0 Å². The van der Waals surface area contributed by atoms with E-state index in [1.165, 1.54) is 23.9 Å². The monoisotopic (exact) mass is 370 g/mol. The van der Waals surface area contributed by atoms with Crippen molar-refractivity contribution in [2.24, 2.45) is 7.05 Å². The van der Waals surface area contributed by atoms with Gasteiger partial charge >= 0.3 is 0 Å². The van der Waals surface area contributed by atoms with Crippen molar-refractivity contribution in [1.82, 2.24) is 14.8 Å². The molecule has 7 heteroatoms. The highest BCUT2D eigenvalue weighted by Gasteiger charge is 2.22. The first-order valence-electron chi connectivity index (χ1n) is 8.12. The molecule has 1 aromatic heterocycles. The second-order valence-electron chi connectivity index (χ2n) is 5.86. The van der Waals surface area contributed by atoms with Crippen LogP contribution in [0.4, 0.5) is 10.1 Å². The molecule has 5 nitrogen and oxygen atoms in total. The number of hydrogen-bond acceptors (Lipinski definition) is 4. The van der Waals surface area contributed by atoms with Crippen molar-refractivity contribution in [3.63, 3.8) is 0 Å². The molecule has 0 aliphatic carbocycles. The third-order valence-corrected chi connectivity index (χ3v) is 5.16. The lowest BCUT2D eigenvalue weighted by Gasteiger charge is -2.20. The van der Waals surface area contributed by atoms with E-state index < -0.39 is 0 Å². The number of carbonyl (C=O) groups is 1. The first-order chi connectivity index (χ1) is 12.5. The molecule has 3 aromatic rings. The van der Waals surface area contributed by atoms with Crippen LogP contribution in [0.5, 0.6) is 0 Å². The Balaban J connectivity index is 1.74. The summed E-state index contributed by atoms with van der Waals surface area (Å²) in [6.07, 6.45) is 0. The van der Waals surface area contributed by atoms with Gasteiger partial charge in [0.1, 0.15) is 5.82 Å². The van der Waals surface area contributed by atoms with Crippen LogP contribution in [0.15, 0.2) is 59.8 Å². The van der Waals surface area contributed by atoms with Gasteiger partial charge in [-0.2, -0.15) is 0 Å². The van der Waals surface area contributed by atoms with E-state index in [0.29, 0.717) is 11.0 Å². The summed E-state index contributed by atoms with van der Waals surface area (Å²) in [6.45, 7) is 1.85. The number of aromatic nitrogens is 3. The number of hydrogen-bond donors (Lipinski definition) is 0. The van der Waals surface area contributed by atoms with Gasteiger partial charge in [0.05, 0.1) is 5.25 Å². The first-order valence-corrected chi connectivity index (χ1v) is 9.00. The summed E-state index contributed by atoms with van der Waals surface area (Å²) in [7, 11) is 3.59. The fourth-order valence-corrected chi connectivity index (χ4v) is 3.44. The van der Waals surface area contributed by atoms with E-state index >= 15 is 0 Å². The largest absolute Gasteiger partial charge is 0.315 e. The van der Waals surface area contributed by atoms with Gasteiger partial charge in [-0.05, 0) is 43.3 Å². The maximum atomic E-state index is 13.1. The van der Waals surface area contributed by atoms with E-state index in [0.717, 1.165) is 11.3 Å². The van der Waals surface area contributed by atoms with Gasteiger partial charge in [0.25, 0.3) is 0 Å². The van der Waals surface area contributed by atoms with Crippen LogP contribution in [0.1, 0.15) is 6.92 Å². The number of anilines is 1. The molecule has 134 valence electrons. The number of para-hydroxylation sites is 1. The third kappa shape index (κ3) is 3.77. The van der Waals surface area contributed by atoms with E-state index in [1.807, 2.05) is 48.9 Å². The lowest BCUT2D eigenvalue weighted by Crippen LogP contribution is -2.33. The lowest BCUT2D eigenvalue weighted by molar-refractivity contribution is -0.117. The van der Waals surface area contributed by atoms with Crippen LogP contribution in [0.3, 0.4) is 0 Å². The van der Waals surface area contributed by atoms with Crippen molar-refractivity contribution in [3.8, 4) is 11.4 Å². The third-order valence-electron chi connectivity index (χ3n) is 4.04. The van der Waals surface area contributed by atoms with Gasteiger partial charge in [0.2, 0.25) is 5.91 Å². The van der Waals surface area contributed by atoms with Gasteiger partial charge < -0.3 is 9.47 Å². The predicted octanol–water partition coefficient (Wildman–Crippen LogP) is 3.76. The average Bonchev–Trinajstić information content (AvgIpc) is 3.02. The number of amides is 1. The number of nitrogens with zero attached hydrogens (tertiary/aromatic N) is 4. The van der Waals surface area contributed by atoms with Gasteiger partial charge in [-0.3, -0.25) is 4.79 Å². The Morgan fingerprint density at radius 2 is 1.77 bits per heavy atom. The SMILES string of the molecule is CC(Sc1nnc(-c2ccc(F)cc2)n1C)C(=O)N(C)c1ccccc1. The lowest BCUT2D eigenvalue weighted by atomic mass is 10.2. The molecule has 2 aromatic carbocycles. The van der Waals surface area contributed by atoms with Crippen molar-refractivity contribution >= 4 is 23.4 Å². The van der Waals surface area contributed by atoms with Crippen LogP contribution in [-0.4, -0.2) is 33.0 Å². The second-order valence-corrected chi connectivity index (χ2v) is 7.17. The van der Waals surface area contributed by atoms with Crippen molar-refractivity contribution in [2.75, 3.05) is 11.9 Å². The summed E-state index contributed by atoms with van der Waals surface area (Å²) >= 11 is 1.34. The molecule has 1 unspecified atom stereocenters. The average molecular weight is 370 g/mol. The molecule has 3 rings (SSSR count). The predicted molar refractivity (Wildman–Crippen MR) is 102 cm³/mol. The minimum absolute atomic E-state index is 0.0208. The van der Waals surface area contributed by atoms with Crippen LogP contribution in [-0.2, 0) is 11.8 Å². The Labute approximate surface area is 155 Å². The highest BCUT2D eigenvalue weighted by molar-refractivity contribution is 8.00.